The van der Waals surface area contributed by atoms with Crippen molar-refractivity contribution in [3.8, 4) is 0 Å². The van der Waals surface area contributed by atoms with Gasteiger partial charge in [-0.05, 0) is 13.3 Å². The molecule has 0 aromatic rings. The smallest absolute Gasteiger partial charge is 0.357 e. The fraction of sp³-hybridized carbons (Fsp3) is 0.769. The molecule has 0 spiro atoms. The quantitative estimate of drug-likeness (QED) is 0.313. The molecule has 1 rings (SSSR count). The number of piperidine rings is 1. The topological polar surface area (TPSA) is 85.8 Å². The minimum absolute atomic E-state index is 0. The number of alkyl halides is 3. The van der Waals surface area contributed by atoms with Crippen molar-refractivity contribution in [3.05, 3.63) is 0 Å². The Morgan fingerprint density at radius 1 is 1.46 bits per heavy atom. The van der Waals surface area contributed by atoms with Crippen LogP contribution in [0.15, 0.2) is 4.99 Å². The van der Waals surface area contributed by atoms with Crippen LogP contribution in [0.4, 0.5) is 13.2 Å². The van der Waals surface area contributed by atoms with Crippen molar-refractivity contribution in [2.24, 2.45) is 4.99 Å². The summed E-state index contributed by atoms with van der Waals surface area (Å²) >= 11 is 0. The Labute approximate surface area is 155 Å². The molecule has 24 heavy (non-hydrogen) atoms. The van der Waals surface area contributed by atoms with Gasteiger partial charge in [-0.15, -0.1) is 24.0 Å². The molecule has 1 saturated heterocycles. The summed E-state index contributed by atoms with van der Waals surface area (Å²) in [6.45, 7) is 1.11. The zero-order chi connectivity index (χ0) is 17.5. The van der Waals surface area contributed by atoms with Gasteiger partial charge in [0.15, 0.2) is 5.96 Å². The highest BCUT2D eigenvalue weighted by molar-refractivity contribution is 14.0. The lowest BCUT2D eigenvalue weighted by Gasteiger charge is -2.25. The maximum atomic E-state index is 12.2. The average Bonchev–Trinajstić information content (AvgIpc) is 2.45. The van der Waals surface area contributed by atoms with E-state index in [0.29, 0.717) is 36.8 Å². The molecule has 0 saturated carbocycles. The second-order valence-electron chi connectivity index (χ2n) is 5.24. The maximum Gasteiger partial charge on any atom is 0.406 e. The Morgan fingerprint density at radius 2 is 2.12 bits per heavy atom. The van der Waals surface area contributed by atoms with E-state index >= 15 is 0 Å². The molecule has 0 aromatic heterocycles. The van der Waals surface area contributed by atoms with Crippen LogP contribution < -0.4 is 16.0 Å². The number of carbonyl (C=O) groups is 2. The van der Waals surface area contributed by atoms with Gasteiger partial charge in [-0.2, -0.15) is 13.2 Å². The summed E-state index contributed by atoms with van der Waals surface area (Å²) in [6, 6.07) is -0.0338. The van der Waals surface area contributed by atoms with Gasteiger partial charge >= 0.3 is 6.18 Å². The number of nitrogens with zero attached hydrogens (tertiary/aromatic N) is 2. The van der Waals surface area contributed by atoms with Crippen LogP contribution in [-0.2, 0) is 9.59 Å². The van der Waals surface area contributed by atoms with Crippen LogP contribution in [0.5, 0.6) is 0 Å². The van der Waals surface area contributed by atoms with E-state index in [-0.39, 0.29) is 42.5 Å². The molecule has 140 valence electrons. The van der Waals surface area contributed by atoms with Crippen LogP contribution >= 0.6 is 24.0 Å². The molecule has 1 aliphatic heterocycles. The molecule has 1 atom stereocenters. The predicted molar refractivity (Wildman–Crippen MR) is 94.3 cm³/mol. The van der Waals surface area contributed by atoms with E-state index in [4.69, 9.17) is 0 Å². The number of likely N-dealkylation sites (N-methyl/N-ethyl adjacent to an activating group) is 1. The molecule has 1 heterocycles. The minimum atomic E-state index is -4.43. The number of hydrogen-bond acceptors (Lipinski definition) is 3. The fourth-order valence-electron chi connectivity index (χ4n) is 1.99. The monoisotopic (exact) mass is 465 g/mol. The second-order valence-corrected chi connectivity index (χ2v) is 5.24. The van der Waals surface area contributed by atoms with Gasteiger partial charge in [0.2, 0.25) is 11.8 Å². The molecule has 2 amide bonds. The number of amides is 2. The number of hydrogen-bond donors (Lipinski definition) is 3. The first-order chi connectivity index (χ1) is 10.7. The van der Waals surface area contributed by atoms with Gasteiger partial charge in [-0.3, -0.25) is 9.59 Å². The van der Waals surface area contributed by atoms with Crippen LogP contribution in [0.1, 0.15) is 19.8 Å². The number of halogens is 4. The predicted octanol–water partition coefficient (Wildman–Crippen LogP) is 0.459. The Kier molecular flexibility index (Phi) is 10.0. The molecular weight excluding hydrogens is 442 g/mol. The van der Waals surface area contributed by atoms with Crippen molar-refractivity contribution in [2.45, 2.75) is 32.0 Å². The highest BCUT2D eigenvalue weighted by atomic mass is 127. The van der Waals surface area contributed by atoms with Gasteiger partial charge in [0, 0.05) is 32.6 Å². The van der Waals surface area contributed by atoms with Crippen molar-refractivity contribution in [2.75, 3.05) is 33.2 Å². The first-order valence-corrected chi connectivity index (χ1v) is 7.33. The number of carbonyl (C=O) groups excluding carboxylic acids is 2. The van der Waals surface area contributed by atoms with Crippen LogP contribution in [-0.4, -0.2) is 68.1 Å². The molecule has 1 fully saturated rings. The van der Waals surface area contributed by atoms with Crippen molar-refractivity contribution in [3.63, 3.8) is 0 Å². The number of aliphatic imine (C=N–C) groups is 1. The van der Waals surface area contributed by atoms with Gasteiger partial charge < -0.3 is 20.9 Å². The third kappa shape index (κ3) is 9.13. The SMILES string of the molecule is CCNC(=NCC(=O)N(C)CC(F)(F)F)NC1CCC(=O)NC1.I. The molecule has 0 aromatic carbocycles. The minimum Gasteiger partial charge on any atom is -0.357 e. The standard InChI is InChI=1S/C13H22F3N5O2.HI/c1-3-17-12(20-9-4-5-10(22)18-6-9)19-7-11(23)21(2)8-13(14,15)16;/h9H,3-8H2,1-2H3,(H,18,22)(H2,17,19,20);1H. The summed E-state index contributed by atoms with van der Waals surface area (Å²) in [5, 5.41) is 8.67. The first-order valence-electron chi connectivity index (χ1n) is 7.33. The van der Waals surface area contributed by atoms with Gasteiger partial charge in [0.25, 0.3) is 0 Å². The third-order valence-electron chi connectivity index (χ3n) is 3.17. The Morgan fingerprint density at radius 3 is 2.62 bits per heavy atom. The van der Waals surface area contributed by atoms with Crippen LogP contribution in [0, 0.1) is 0 Å². The Bertz CT molecular complexity index is 449. The van der Waals surface area contributed by atoms with E-state index < -0.39 is 18.6 Å². The zero-order valence-electron chi connectivity index (χ0n) is 13.6. The molecule has 0 bridgehead atoms. The molecule has 7 nitrogen and oxygen atoms in total. The molecule has 0 radical (unpaired) electrons. The fourth-order valence-corrected chi connectivity index (χ4v) is 1.99. The molecule has 11 heteroatoms. The third-order valence-corrected chi connectivity index (χ3v) is 3.17. The molecule has 1 aliphatic rings. The van der Waals surface area contributed by atoms with Crippen LogP contribution in [0.3, 0.4) is 0 Å². The molecule has 3 N–H and O–H groups in total. The van der Waals surface area contributed by atoms with Gasteiger partial charge in [0.1, 0.15) is 13.1 Å². The number of rotatable bonds is 5. The second kappa shape index (κ2) is 10.6. The summed E-state index contributed by atoms with van der Waals surface area (Å²) in [5.74, 6) is -0.409. The van der Waals surface area contributed by atoms with Gasteiger partial charge in [0.05, 0.1) is 0 Å². The lowest BCUT2D eigenvalue weighted by molar-refractivity contribution is -0.157. The Balaban J connectivity index is 0.00000529. The summed E-state index contributed by atoms with van der Waals surface area (Å²) in [7, 11) is 1.09. The van der Waals surface area contributed by atoms with Crippen molar-refractivity contribution in [1.82, 2.24) is 20.9 Å². The average molecular weight is 465 g/mol. The Hall–Kier alpha value is -1.27. The molecule has 0 aliphatic carbocycles. The maximum absolute atomic E-state index is 12.2. The highest BCUT2D eigenvalue weighted by Gasteiger charge is 2.31. The van der Waals surface area contributed by atoms with E-state index in [1.165, 1.54) is 0 Å². The van der Waals surface area contributed by atoms with Crippen molar-refractivity contribution >= 4 is 41.8 Å². The number of guanidine groups is 1. The zero-order valence-corrected chi connectivity index (χ0v) is 15.9. The van der Waals surface area contributed by atoms with E-state index in [1.807, 2.05) is 6.92 Å². The lowest BCUT2D eigenvalue weighted by atomic mass is 10.1. The van der Waals surface area contributed by atoms with E-state index in [0.717, 1.165) is 7.05 Å². The summed E-state index contributed by atoms with van der Waals surface area (Å²) < 4.78 is 36.7. The lowest BCUT2D eigenvalue weighted by Crippen LogP contribution is -2.51. The van der Waals surface area contributed by atoms with Crippen molar-refractivity contribution in [1.29, 1.82) is 0 Å². The largest absolute Gasteiger partial charge is 0.406 e. The summed E-state index contributed by atoms with van der Waals surface area (Å²) in [4.78, 5) is 27.4. The molecule has 1 unspecified atom stereocenters. The molecular formula is C13H23F3IN5O2. The van der Waals surface area contributed by atoms with E-state index in [9.17, 15) is 22.8 Å². The van der Waals surface area contributed by atoms with Crippen molar-refractivity contribution < 1.29 is 22.8 Å². The van der Waals surface area contributed by atoms with Crippen LogP contribution in [0.2, 0.25) is 0 Å². The first kappa shape index (κ1) is 22.7. The summed E-state index contributed by atoms with van der Waals surface area (Å²) in [5.41, 5.74) is 0. The number of nitrogens with one attached hydrogen (secondary N) is 3. The highest BCUT2D eigenvalue weighted by Crippen LogP contribution is 2.15. The van der Waals surface area contributed by atoms with Gasteiger partial charge in [-0.1, -0.05) is 0 Å². The van der Waals surface area contributed by atoms with Gasteiger partial charge in [-0.25, -0.2) is 4.99 Å². The van der Waals surface area contributed by atoms with E-state index in [1.54, 1.807) is 0 Å². The normalized spacial score (nSPS) is 18.3. The van der Waals surface area contributed by atoms with E-state index in [2.05, 4.69) is 20.9 Å². The van der Waals surface area contributed by atoms with Crippen LogP contribution in [0.25, 0.3) is 0 Å². The summed E-state index contributed by atoms with van der Waals surface area (Å²) in [6.07, 6.45) is -3.42.